The molecule has 4 aromatic rings. The number of amides is 1. The third kappa shape index (κ3) is 5.21. The number of aryl methyl sites for hydroxylation is 2. The Bertz CT molecular complexity index is 1370. The normalized spacial score (nSPS) is 12.0. The van der Waals surface area contributed by atoms with Crippen molar-refractivity contribution in [3.8, 4) is 0 Å². The molecule has 1 heterocycles. The first-order valence-electron chi connectivity index (χ1n) is 9.92. The van der Waals surface area contributed by atoms with E-state index in [4.69, 9.17) is 11.6 Å². The lowest BCUT2D eigenvalue weighted by Crippen LogP contribution is -2.43. The van der Waals surface area contributed by atoms with Crippen molar-refractivity contribution in [1.29, 1.82) is 0 Å². The number of hydrogen-bond donors (Lipinski definition) is 2. The molecule has 4 rings (SSSR count). The maximum atomic E-state index is 13.0. The van der Waals surface area contributed by atoms with Crippen LogP contribution in [0.2, 0.25) is 5.02 Å². The first-order chi connectivity index (χ1) is 15.7. The number of anilines is 1. The molecule has 0 aliphatic rings. The Balaban J connectivity index is 1.65. The second-order valence-electron chi connectivity index (χ2n) is 7.49. The first-order valence-corrected chi connectivity index (χ1v) is 12.4. The monoisotopic (exact) mass is 594 g/mol. The van der Waals surface area contributed by atoms with Crippen LogP contribution >= 0.6 is 34.2 Å². The highest BCUT2D eigenvalue weighted by Crippen LogP contribution is 2.24. The Labute approximate surface area is 212 Å². The number of hydrogen-bond acceptors (Lipinski definition) is 3. The number of nitrogens with one attached hydrogen (secondary N) is 1. The molecule has 0 saturated carbocycles. The summed E-state index contributed by atoms with van der Waals surface area (Å²) in [5.74, 6) is 0.271. The molecule has 0 bridgehead atoms. The molecule has 10 heteroatoms. The van der Waals surface area contributed by atoms with Gasteiger partial charge in [0, 0.05) is 14.2 Å². The quantitative estimate of drug-likeness (QED) is 0.181. The minimum atomic E-state index is -2.45. The molecule has 1 unspecified atom stereocenters. The molecule has 2 N–H and O–H groups in total. The second kappa shape index (κ2) is 9.80. The van der Waals surface area contributed by atoms with E-state index in [0.717, 1.165) is 36.0 Å². The van der Waals surface area contributed by atoms with Gasteiger partial charge >= 0.3 is 0 Å². The van der Waals surface area contributed by atoms with Gasteiger partial charge in [-0.3, -0.25) is 9.35 Å². The van der Waals surface area contributed by atoms with Crippen molar-refractivity contribution in [1.82, 2.24) is 15.0 Å². The summed E-state index contributed by atoms with van der Waals surface area (Å²) in [5.41, 5.74) is 6.69. The van der Waals surface area contributed by atoms with Gasteiger partial charge in [0.05, 0.1) is 23.3 Å². The molecule has 0 radical (unpaired) electrons. The lowest BCUT2D eigenvalue weighted by Gasteiger charge is -2.20. The zero-order valence-corrected chi connectivity index (χ0v) is 21.5. The van der Waals surface area contributed by atoms with Crippen LogP contribution in [-0.2, 0) is 17.8 Å². The van der Waals surface area contributed by atoms with Crippen molar-refractivity contribution < 1.29 is 13.6 Å². The smallest absolute Gasteiger partial charge is 0.281 e. The molecule has 0 aliphatic carbocycles. The Hall–Kier alpha value is -2.47. The topological polar surface area (TPSA) is 87.5 Å². The van der Waals surface area contributed by atoms with Gasteiger partial charge < -0.3 is 4.57 Å². The lowest BCUT2D eigenvalue weighted by molar-refractivity contribution is 0.0955. The lowest BCUT2D eigenvalue weighted by atomic mass is 10.1. The Kier molecular flexibility index (Phi) is 7.03. The number of benzene rings is 3. The van der Waals surface area contributed by atoms with E-state index in [1.165, 1.54) is 0 Å². The predicted octanol–water partition coefficient (Wildman–Crippen LogP) is 5.25. The number of rotatable bonds is 6. The van der Waals surface area contributed by atoms with Crippen molar-refractivity contribution in [2.75, 3.05) is 4.41 Å². The predicted molar refractivity (Wildman–Crippen MR) is 140 cm³/mol. The molecule has 0 spiro atoms. The maximum absolute atomic E-state index is 13.0. The third-order valence-electron chi connectivity index (χ3n) is 5.17. The van der Waals surface area contributed by atoms with Crippen LogP contribution in [0.3, 0.4) is 0 Å². The highest BCUT2D eigenvalue weighted by molar-refractivity contribution is 14.1. The van der Waals surface area contributed by atoms with E-state index in [9.17, 15) is 13.6 Å². The summed E-state index contributed by atoms with van der Waals surface area (Å²) in [7, 11) is 0. The fraction of sp³-hybridized carbons (Fsp3) is 0.130. The minimum absolute atomic E-state index is 0.333. The van der Waals surface area contributed by atoms with Gasteiger partial charge in [-0.25, -0.2) is 14.6 Å². The van der Waals surface area contributed by atoms with Gasteiger partial charge in [-0.05, 0) is 84.5 Å². The largest absolute Gasteiger partial charge is 0.324 e. The molecule has 0 aliphatic heterocycles. The zero-order valence-electron chi connectivity index (χ0n) is 17.8. The second-order valence-corrected chi connectivity index (χ2v) is 9.97. The molecule has 33 heavy (non-hydrogen) atoms. The van der Waals surface area contributed by atoms with E-state index >= 15 is 0 Å². The highest BCUT2D eigenvalue weighted by atomic mass is 127. The maximum Gasteiger partial charge on any atom is 0.281 e. The summed E-state index contributed by atoms with van der Waals surface area (Å²) in [6.07, 6.45) is 0. The summed E-state index contributed by atoms with van der Waals surface area (Å²) in [4.78, 5) is 17.6. The molecule has 3 aromatic carbocycles. The number of fused-ring (bicyclic) bond motifs is 1. The number of nitrogens with zero attached hydrogens (tertiary/aromatic N) is 3. The van der Waals surface area contributed by atoms with Crippen molar-refractivity contribution in [3.05, 3.63) is 91.8 Å². The van der Waals surface area contributed by atoms with E-state index in [-0.39, 0.29) is 0 Å². The van der Waals surface area contributed by atoms with Crippen LogP contribution < -0.4 is 9.84 Å². The number of carbonyl (C=O) groups is 1. The summed E-state index contributed by atoms with van der Waals surface area (Å²) >= 11 is 6.19. The van der Waals surface area contributed by atoms with Crippen LogP contribution in [0.4, 0.5) is 5.69 Å². The number of carbonyl (C=O) groups excluding carboxylic acids is 1. The molecule has 7 nitrogen and oxygen atoms in total. The summed E-state index contributed by atoms with van der Waals surface area (Å²) in [6.45, 7) is 4.31. The Morgan fingerprint density at radius 2 is 1.88 bits per heavy atom. The zero-order chi connectivity index (χ0) is 23.7. The molecule has 1 atom stereocenters. The van der Waals surface area contributed by atoms with Crippen molar-refractivity contribution in [3.63, 3.8) is 0 Å². The van der Waals surface area contributed by atoms with Crippen molar-refractivity contribution in [2.24, 2.45) is 0 Å². The SMILES string of the molecule is Cc1ccc(N(NC(=O)c2ccc3nc(C)n(Cc4ccc(I)cc4Cl)c3c2)S(=O)O)cc1. The fourth-order valence-corrected chi connectivity index (χ4v) is 4.81. The number of halogens is 2. The molecular formula is C23H20ClIN4O3S. The molecule has 0 saturated heterocycles. The fourth-order valence-electron chi connectivity index (χ4n) is 3.43. The average Bonchev–Trinajstić information content (AvgIpc) is 3.08. The Morgan fingerprint density at radius 3 is 2.55 bits per heavy atom. The summed E-state index contributed by atoms with van der Waals surface area (Å²) in [5, 5.41) is 0.663. The number of hydrazine groups is 1. The molecule has 1 aromatic heterocycles. The van der Waals surface area contributed by atoms with Gasteiger partial charge in [0.2, 0.25) is 0 Å². The highest BCUT2D eigenvalue weighted by Gasteiger charge is 2.18. The van der Waals surface area contributed by atoms with Crippen LogP contribution in [0.15, 0.2) is 60.7 Å². The molecule has 170 valence electrons. The molecule has 1 amide bonds. The molecular weight excluding hydrogens is 575 g/mol. The van der Waals surface area contributed by atoms with Crippen LogP contribution in [0, 0.1) is 17.4 Å². The number of imidazole rings is 1. The standard InChI is InChI=1S/C23H20ClIN4O3S/c1-14-3-8-19(9-4-14)29(33(31)32)27-23(30)16-6-10-21-22(11-16)28(15(2)26-21)13-17-5-7-18(25)12-20(17)24/h3-12H,13H2,1-2H3,(H,27,30)(H,31,32). The van der Waals surface area contributed by atoms with E-state index in [0.29, 0.717) is 22.8 Å². The number of aromatic nitrogens is 2. The van der Waals surface area contributed by atoms with Crippen molar-refractivity contribution in [2.45, 2.75) is 20.4 Å². The third-order valence-corrected chi connectivity index (χ3v) is 6.81. The Morgan fingerprint density at radius 1 is 1.15 bits per heavy atom. The van der Waals surface area contributed by atoms with Crippen LogP contribution in [0.25, 0.3) is 11.0 Å². The van der Waals surface area contributed by atoms with Gasteiger partial charge in [-0.2, -0.15) is 4.41 Å². The van der Waals surface area contributed by atoms with Crippen LogP contribution in [0.1, 0.15) is 27.3 Å². The van der Waals surface area contributed by atoms with E-state index < -0.39 is 17.2 Å². The van der Waals surface area contributed by atoms with Gasteiger partial charge in [-0.1, -0.05) is 35.4 Å². The van der Waals surface area contributed by atoms with Gasteiger partial charge in [-0.15, -0.1) is 0 Å². The van der Waals surface area contributed by atoms with Gasteiger partial charge in [0.15, 0.2) is 0 Å². The average molecular weight is 595 g/mol. The van der Waals surface area contributed by atoms with E-state index in [1.807, 2.05) is 36.6 Å². The van der Waals surface area contributed by atoms with Crippen LogP contribution in [-0.4, -0.2) is 24.2 Å². The van der Waals surface area contributed by atoms with Gasteiger partial charge in [0.1, 0.15) is 5.82 Å². The summed E-state index contributed by atoms with van der Waals surface area (Å²) < 4.78 is 25.5. The summed E-state index contributed by atoms with van der Waals surface area (Å²) in [6, 6.07) is 17.9. The van der Waals surface area contributed by atoms with E-state index in [1.54, 1.807) is 42.5 Å². The first kappa shape index (κ1) is 23.7. The molecule has 0 fully saturated rings. The minimum Gasteiger partial charge on any atom is -0.324 e. The van der Waals surface area contributed by atoms with Gasteiger partial charge in [0.25, 0.3) is 17.2 Å². The van der Waals surface area contributed by atoms with E-state index in [2.05, 4.69) is 33.0 Å². The van der Waals surface area contributed by atoms with Crippen LogP contribution in [0.5, 0.6) is 0 Å². The van der Waals surface area contributed by atoms with Crippen molar-refractivity contribution >= 4 is 68.1 Å².